The predicted molar refractivity (Wildman–Crippen MR) is 86.6 cm³/mol. The van der Waals surface area contributed by atoms with Crippen molar-refractivity contribution in [1.29, 1.82) is 0 Å². The lowest BCUT2D eigenvalue weighted by molar-refractivity contribution is 0.346. The number of thiol groups is 1. The summed E-state index contributed by atoms with van der Waals surface area (Å²) in [4.78, 5) is 3.23. The molecule has 0 amide bonds. The SMILES string of the molecule is CCN(C)Cc1ccccc1.Nc1ccc(S)cc1. The van der Waals surface area contributed by atoms with Gasteiger partial charge in [-0.3, -0.25) is 0 Å². The minimum atomic E-state index is 0.780. The fourth-order valence-corrected chi connectivity index (χ4v) is 1.63. The van der Waals surface area contributed by atoms with E-state index in [0.717, 1.165) is 23.7 Å². The van der Waals surface area contributed by atoms with Crippen molar-refractivity contribution in [1.82, 2.24) is 4.90 Å². The van der Waals surface area contributed by atoms with Gasteiger partial charge in [-0.25, -0.2) is 0 Å². The number of rotatable bonds is 3. The van der Waals surface area contributed by atoms with Crippen LogP contribution in [0.3, 0.4) is 0 Å². The highest BCUT2D eigenvalue weighted by molar-refractivity contribution is 7.80. The zero-order chi connectivity index (χ0) is 14.1. The summed E-state index contributed by atoms with van der Waals surface area (Å²) in [6, 6.07) is 17.9. The molecule has 0 spiro atoms. The summed E-state index contributed by atoms with van der Waals surface area (Å²) in [5.74, 6) is 0. The first-order chi connectivity index (χ1) is 9.11. The smallest absolute Gasteiger partial charge is 0.0314 e. The van der Waals surface area contributed by atoms with Crippen LogP contribution in [0.4, 0.5) is 5.69 Å². The maximum Gasteiger partial charge on any atom is 0.0314 e. The van der Waals surface area contributed by atoms with Gasteiger partial charge in [-0.1, -0.05) is 37.3 Å². The van der Waals surface area contributed by atoms with Crippen molar-refractivity contribution in [2.75, 3.05) is 19.3 Å². The molecule has 102 valence electrons. The van der Waals surface area contributed by atoms with Crippen LogP contribution >= 0.6 is 12.6 Å². The number of hydrogen-bond acceptors (Lipinski definition) is 3. The van der Waals surface area contributed by atoms with Gasteiger partial charge in [-0.15, -0.1) is 12.6 Å². The Kier molecular flexibility index (Phi) is 7.08. The molecule has 0 aliphatic carbocycles. The van der Waals surface area contributed by atoms with Crippen LogP contribution in [0.2, 0.25) is 0 Å². The Bertz CT molecular complexity index is 433. The summed E-state index contributed by atoms with van der Waals surface area (Å²) in [5, 5.41) is 0. The summed E-state index contributed by atoms with van der Waals surface area (Å²) in [5.41, 5.74) is 7.56. The van der Waals surface area contributed by atoms with Crippen molar-refractivity contribution in [2.45, 2.75) is 18.4 Å². The average Bonchev–Trinajstić information content (AvgIpc) is 2.44. The second-order valence-electron chi connectivity index (χ2n) is 4.41. The Morgan fingerprint density at radius 3 is 2.05 bits per heavy atom. The molecule has 0 radical (unpaired) electrons. The van der Waals surface area contributed by atoms with Crippen molar-refractivity contribution < 1.29 is 0 Å². The fraction of sp³-hybridized carbons (Fsp3) is 0.250. The summed E-state index contributed by atoms with van der Waals surface area (Å²) in [6.45, 7) is 4.33. The molecule has 0 aliphatic heterocycles. The van der Waals surface area contributed by atoms with Crippen molar-refractivity contribution in [2.24, 2.45) is 0 Å². The predicted octanol–water partition coefficient (Wildman–Crippen LogP) is 3.70. The lowest BCUT2D eigenvalue weighted by Crippen LogP contribution is -2.16. The lowest BCUT2D eigenvalue weighted by Gasteiger charge is -2.12. The summed E-state index contributed by atoms with van der Waals surface area (Å²) in [6.07, 6.45) is 0. The van der Waals surface area contributed by atoms with E-state index < -0.39 is 0 Å². The van der Waals surface area contributed by atoms with Crippen LogP contribution in [0.1, 0.15) is 12.5 Å². The Morgan fingerprint density at radius 1 is 1.00 bits per heavy atom. The number of hydrogen-bond donors (Lipinski definition) is 2. The highest BCUT2D eigenvalue weighted by atomic mass is 32.1. The molecule has 2 nitrogen and oxygen atoms in total. The van der Waals surface area contributed by atoms with Gasteiger partial charge >= 0.3 is 0 Å². The third kappa shape index (κ3) is 6.89. The van der Waals surface area contributed by atoms with E-state index in [1.807, 2.05) is 24.3 Å². The molecule has 0 saturated heterocycles. The lowest BCUT2D eigenvalue weighted by atomic mass is 10.2. The number of nitrogens with zero attached hydrogens (tertiary/aromatic N) is 1. The minimum Gasteiger partial charge on any atom is -0.399 e. The number of anilines is 1. The van der Waals surface area contributed by atoms with Crippen LogP contribution in [0.25, 0.3) is 0 Å². The van der Waals surface area contributed by atoms with Crippen molar-refractivity contribution >= 4 is 18.3 Å². The van der Waals surface area contributed by atoms with Crippen LogP contribution in [-0.2, 0) is 6.54 Å². The van der Waals surface area contributed by atoms with E-state index in [1.165, 1.54) is 5.56 Å². The third-order valence-corrected chi connectivity index (χ3v) is 3.03. The number of nitrogen functional groups attached to an aromatic ring is 1. The Balaban J connectivity index is 0.000000200. The maximum atomic E-state index is 5.39. The molecule has 2 N–H and O–H groups in total. The molecule has 2 rings (SSSR count). The Morgan fingerprint density at radius 2 is 1.58 bits per heavy atom. The highest BCUT2D eigenvalue weighted by Gasteiger charge is 1.94. The van der Waals surface area contributed by atoms with E-state index in [-0.39, 0.29) is 0 Å². The molecule has 0 aliphatic rings. The van der Waals surface area contributed by atoms with E-state index in [9.17, 15) is 0 Å². The van der Waals surface area contributed by atoms with E-state index in [1.54, 1.807) is 0 Å². The molecular formula is C16H22N2S. The van der Waals surface area contributed by atoms with E-state index >= 15 is 0 Å². The molecule has 2 aromatic rings. The molecular weight excluding hydrogens is 252 g/mol. The van der Waals surface area contributed by atoms with Crippen molar-refractivity contribution in [3.8, 4) is 0 Å². The van der Waals surface area contributed by atoms with Crippen LogP contribution < -0.4 is 5.73 Å². The largest absolute Gasteiger partial charge is 0.399 e. The molecule has 0 unspecified atom stereocenters. The van der Waals surface area contributed by atoms with Crippen LogP contribution in [0, 0.1) is 0 Å². The molecule has 2 aromatic carbocycles. The second kappa shape index (κ2) is 8.62. The Labute approximate surface area is 121 Å². The third-order valence-electron chi connectivity index (χ3n) is 2.73. The first-order valence-corrected chi connectivity index (χ1v) is 6.83. The van der Waals surface area contributed by atoms with Crippen molar-refractivity contribution in [3.05, 3.63) is 60.2 Å². The molecule has 0 saturated carbocycles. The monoisotopic (exact) mass is 274 g/mol. The van der Waals surface area contributed by atoms with Crippen LogP contribution in [-0.4, -0.2) is 18.5 Å². The van der Waals surface area contributed by atoms with Gasteiger partial charge in [0.15, 0.2) is 0 Å². The topological polar surface area (TPSA) is 29.3 Å². The van der Waals surface area contributed by atoms with Gasteiger partial charge in [0.1, 0.15) is 0 Å². The fourth-order valence-electron chi connectivity index (χ4n) is 1.48. The molecule has 0 aromatic heterocycles. The van der Waals surface area contributed by atoms with E-state index in [0.29, 0.717) is 0 Å². The summed E-state index contributed by atoms with van der Waals surface area (Å²) >= 11 is 4.08. The van der Waals surface area contributed by atoms with Crippen molar-refractivity contribution in [3.63, 3.8) is 0 Å². The van der Waals surface area contributed by atoms with Gasteiger partial charge in [0, 0.05) is 17.1 Å². The molecule has 0 heterocycles. The molecule has 0 atom stereocenters. The van der Waals surface area contributed by atoms with E-state index in [4.69, 9.17) is 5.73 Å². The quantitative estimate of drug-likeness (QED) is 0.660. The minimum absolute atomic E-state index is 0.780. The van der Waals surface area contributed by atoms with Crippen LogP contribution in [0.15, 0.2) is 59.5 Å². The standard InChI is InChI=1S/C10H15N.C6H7NS/c1-3-11(2)9-10-7-5-4-6-8-10;7-5-1-3-6(8)4-2-5/h4-8H,3,9H2,1-2H3;1-4,8H,7H2. The molecule has 0 fully saturated rings. The van der Waals surface area contributed by atoms with E-state index in [2.05, 4.69) is 61.8 Å². The first-order valence-electron chi connectivity index (χ1n) is 6.38. The average molecular weight is 274 g/mol. The molecule has 19 heavy (non-hydrogen) atoms. The van der Waals surface area contributed by atoms with Gasteiger partial charge in [-0.05, 0) is 43.4 Å². The van der Waals surface area contributed by atoms with Gasteiger partial charge in [0.25, 0.3) is 0 Å². The first kappa shape index (κ1) is 15.6. The van der Waals surface area contributed by atoms with Gasteiger partial charge in [0.2, 0.25) is 0 Å². The summed E-state index contributed by atoms with van der Waals surface area (Å²) < 4.78 is 0. The van der Waals surface area contributed by atoms with Gasteiger partial charge < -0.3 is 10.6 Å². The normalized spacial score (nSPS) is 9.89. The number of benzene rings is 2. The van der Waals surface area contributed by atoms with Gasteiger partial charge in [-0.2, -0.15) is 0 Å². The highest BCUT2D eigenvalue weighted by Crippen LogP contribution is 2.07. The summed E-state index contributed by atoms with van der Waals surface area (Å²) in [7, 11) is 2.13. The van der Waals surface area contributed by atoms with Gasteiger partial charge in [0.05, 0.1) is 0 Å². The zero-order valence-electron chi connectivity index (χ0n) is 11.6. The number of nitrogens with two attached hydrogens (primary N) is 1. The second-order valence-corrected chi connectivity index (χ2v) is 4.92. The molecule has 3 heteroatoms. The maximum absolute atomic E-state index is 5.39. The van der Waals surface area contributed by atoms with Crippen LogP contribution in [0.5, 0.6) is 0 Å². The Hall–Kier alpha value is -1.45. The molecule has 0 bridgehead atoms. The zero-order valence-corrected chi connectivity index (χ0v) is 12.5.